The standard InChI is InChI=1S/C12H13N3O3/c1-2-18-9-4-3-8-11(14-9)15-10(13-8)6-5-7(6)12(16)17/h3-4,6-7H,2,5H2,1H3,(H,16,17)(H,13,14,15). The van der Waals surface area contributed by atoms with E-state index in [1.54, 1.807) is 6.07 Å². The van der Waals surface area contributed by atoms with E-state index in [1.807, 2.05) is 13.0 Å². The van der Waals surface area contributed by atoms with E-state index in [4.69, 9.17) is 9.84 Å². The van der Waals surface area contributed by atoms with Crippen molar-refractivity contribution in [3.63, 3.8) is 0 Å². The van der Waals surface area contributed by atoms with Gasteiger partial charge >= 0.3 is 5.97 Å². The van der Waals surface area contributed by atoms with Gasteiger partial charge in [0.1, 0.15) is 5.82 Å². The lowest BCUT2D eigenvalue weighted by Gasteiger charge is -1.99. The monoisotopic (exact) mass is 247 g/mol. The lowest BCUT2D eigenvalue weighted by Crippen LogP contribution is -1.99. The Morgan fingerprint density at radius 2 is 2.39 bits per heavy atom. The maximum Gasteiger partial charge on any atom is 0.307 e. The van der Waals surface area contributed by atoms with Crippen LogP contribution >= 0.6 is 0 Å². The van der Waals surface area contributed by atoms with E-state index in [9.17, 15) is 4.79 Å². The second-order valence-electron chi connectivity index (χ2n) is 4.36. The number of ether oxygens (including phenoxy) is 1. The van der Waals surface area contributed by atoms with E-state index in [0.29, 0.717) is 30.4 Å². The van der Waals surface area contributed by atoms with Crippen LogP contribution in [0.1, 0.15) is 25.1 Å². The Morgan fingerprint density at radius 1 is 1.56 bits per heavy atom. The Kier molecular flexibility index (Phi) is 2.43. The maximum atomic E-state index is 10.8. The molecule has 0 bridgehead atoms. The van der Waals surface area contributed by atoms with Crippen molar-refractivity contribution in [2.45, 2.75) is 19.3 Å². The van der Waals surface area contributed by atoms with Crippen molar-refractivity contribution in [3.8, 4) is 5.88 Å². The third kappa shape index (κ3) is 1.79. The summed E-state index contributed by atoms with van der Waals surface area (Å²) in [4.78, 5) is 22.5. The molecular weight excluding hydrogens is 234 g/mol. The molecule has 1 fully saturated rings. The van der Waals surface area contributed by atoms with Gasteiger partial charge in [0.05, 0.1) is 18.0 Å². The molecule has 2 atom stereocenters. The molecule has 3 rings (SSSR count). The molecule has 0 aliphatic heterocycles. The lowest BCUT2D eigenvalue weighted by atomic mass is 10.3. The smallest absolute Gasteiger partial charge is 0.307 e. The molecule has 6 heteroatoms. The molecule has 1 saturated carbocycles. The summed E-state index contributed by atoms with van der Waals surface area (Å²) in [6.07, 6.45) is 0.646. The Morgan fingerprint density at radius 3 is 3.06 bits per heavy atom. The average Bonchev–Trinajstić information content (AvgIpc) is 3.03. The molecule has 2 N–H and O–H groups in total. The molecule has 2 aromatic rings. The van der Waals surface area contributed by atoms with Crippen LogP contribution in [0.3, 0.4) is 0 Å². The summed E-state index contributed by atoms with van der Waals surface area (Å²) in [6.45, 7) is 2.45. The number of rotatable bonds is 4. The number of nitrogens with one attached hydrogen (secondary N) is 1. The van der Waals surface area contributed by atoms with Crippen molar-refractivity contribution in [1.82, 2.24) is 15.0 Å². The fourth-order valence-electron chi connectivity index (χ4n) is 2.07. The van der Waals surface area contributed by atoms with Crippen LogP contribution in [-0.4, -0.2) is 32.6 Å². The number of aromatic amines is 1. The quantitative estimate of drug-likeness (QED) is 0.855. The van der Waals surface area contributed by atoms with Gasteiger partial charge in [0, 0.05) is 12.0 Å². The minimum Gasteiger partial charge on any atom is -0.481 e. The van der Waals surface area contributed by atoms with Crippen LogP contribution in [0.4, 0.5) is 0 Å². The highest BCUT2D eigenvalue weighted by Crippen LogP contribution is 2.46. The Balaban J connectivity index is 1.90. The van der Waals surface area contributed by atoms with Gasteiger partial charge in [-0.2, -0.15) is 4.98 Å². The van der Waals surface area contributed by atoms with Crippen molar-refractivity contribution >= 4 is 17.1 Å². The Hall–Kier alpha value is -2.11. The summed E-state index contributed by atoms with van der Waals surface area (Å²) in [5, 5.41) is 8.90. The van der Waals surface area contributed by atoms with E-state index >= 15 is 0 Å². The molecule has 6 nitrogen and oxygen atoms in total. The van der Waals surface area contributed by atoms with Crippen molar-refractivity contribution in [3.05, 3.63) is 18.0 Å². The van der Waals surface area contributed by atoms with Gasteiger partial charge in [-0.1, -0.05) is 0 Å². The second-order valence-corrected chi connectivity index (χ2v) is 4.36. The highest BCUT2D eigenvalue weighted by Gasteiger charge is 2.46. The molecule has 1 aliphatic carbocycles. The number of hydrogen-bond acceptors (Lipinski definition) is 4. The number of imidazole rings is 1. The molecule has 0 aromatic carbocycles. The summed E-state index contributed by atoms with van der Waals surface area (Å²) in [5.74, 6) is 0.166. The number of H-pyrrole nitrogens is 1. The normalized spacial score (nSPS) is 22.1. The summed E-state index contributed by atoms with van der Waals surface area (Å²) in [7, 11) is 0. The first-order chi connectivity index (χ1) is 8.69. The number of aromatic nitrogens is 3. The molecule has 18 heavy (non-hydrogen) atoms. The molecular formula is C12H13N3O3. The molecule has 1 aliphatic rings. The Labute approximate surface area is 103 Å². The SMILES string of the molecule is CCOc1ccc2[nH]c(C3CC3C(=O)O)nc2n1. The molecule has 0 radical (unpaired) electrons. The molecule has 2 aromatic heterocycles. The molecule has 2 unspecified atom stereocenters. The summed E-state index contributed by atoms with van der Waals surface area (Å²) < 4.78 is 5.30. The molecule has 0 amide bonds. The van der Waals surface area contributed by atoms with Gasteiger partial charge < -0.3 is 14.8 Å². The van der Waals surface area contributed by atoms with E-state index in [1.165, 1.54) is 0 Å². The third-order valence-electron chi connectivity index (χ3n) is 3.09. The number of hydrogen-bond donors (Lipinski definition) is 2. The largest absolute Gasteiger partial charge is 0.481 e. The van der Waals surface area contributed by atoms with Crippen molar-refractivity contribution in [1.29, 1.82) is 0 Å². The number of carboxylic acid groups (broad SMARTS) is 1. The topological polar surface area (TPSA) is 88.1 Å². The van der Waals surface area contributed by atoms with Crippen LogP contribution in [0.15, 0.2) is 12.1 Å². The van der Waals surface area contributed by atoms with E-state index in [0.717, 1.165) is 5.52 Å². The lowest BCUT2D eigenvalue weighted by molar-refractivity contribution is -0.138. The summed E-state index contributed by atoms with van der Waals surface area (Å²) >= 11 is 0. The van der Waals surface area contributed by atoms with Crippen LogP contribution in [-0.2, 0) is 4.79 Å². The minimum absolute atomic E-state index is 0.00718. The van der Waals surface area contributed by atoms with E-state index in [2.05, 4.69) is 15.0 Å². The first-order valence-corrected chi connectivity index (χ1v) is 5.91. The van der Waals surface area contributed by atoms with Crippen LogP contribution in [0, 0.1) is 5.92 Å². The zero-order valence-corrected chi connectivity index (χ0v) is 9.88. The van der Waals surface area contributed by atoms with Gasteiger partial charge in [0.15, 0.2) is 5.65 Å². The second kappa shape index (κ2) is 3.97. The van der Waals surface area contributed by atoms with Gasteiger partial charge in [-0.05, 0) is 19.4 Å². The maximum absolute atomic E-state index is 10.8. The van der Waals surface area contributed by atoms with Gasteiger partial charge in [-0.15, -0.1) is 0 Å². The van der Waals surface area contributed by atoms with Gasteiger partial charge in [0.2, 0.25) is 5.88 Å². The fraction of sp³-hybridized carbons (Fsp3) is 0.417. The number of nitrogens with zero attached hydrogens (tertiary/aromatic N) is 2. The molecule has 0 spiro atoms. The van der Waals surface area contributed by atoms with E-state index in [-0.39, 0.29) is 11.8 Å². The number of aliphatic carboxylic acids is 1. The molecule has 94 valence electrons. The zero-order chi connectivity index (χ0) is 12.7. The fourth-order valence-corrected chi connectivity index (χ4v) is 2.07. The Bertz CT molecular complexity index is 608. The highest BCUT2D eigenvalue weighted by molar-refractivity contribution is 5.76. The third-order valence-corrected chi connectivity index (χ3v) is 3.09. The number of carbonyl (C=O) groups is 1. The van der Waals surface area contributed by atoms with Crippen molar-refractivity contribution in [2.75, 3.05) is 6.61 Å². The minimum atomic E-state index is -0.761. The zero-order valence-electron chi connectivity index (χ0n) is 9.88. The first-order valence-electron chi connectivity index (χ1n) is 5.91. The molecule has 2 heterocycles. The number of carboxylic acids is 1. The van der Waals surface area contributed by atoms with Crippen molar-refractivity contribution < 1.29 is 14.6 Å². The van der Waals surface area contributed by atoms with Gasteiger partial charge in [-0.25, -0.2) is 4.98 Å². The average molecular weight is 247 g/mol. The van der Waals surface area contributed by atoms with Crippen LogP contribution in [0.25, 0.3) is 11.2 Å². The first kappa shape index (κ1) is 11.0. The number of pyridine rings is 1. The van der Waals surface area contributed by atoms with E-state index < -0.39 is 5.97 Å². The highest BCUT2D eigenvalue weighted by atomic mass is 16.5. The predicted octanol–water partition coefficient (Wildman–Crippen LogP) is 1.54. The van der Waals surface area contributed by atoms with Gasteiger partial charge in [-0.3, -0.25) is 4.79 Å². The predicted molar refractivity (Wildman–Crippen MR) is 63.5 cm³/mol. The summed E-state index contributed by atoms with van der Waals surface area (Å²) in [5.41, 5.74) is 1.39. The number of fused-ring (bicyclic) bond motifs is 1. The van der Waals surface area contributed by atoms with Gasteiger partial charge in [0.25, 0.3) is 0 Å². The van der Waals surface area contributed by atoms with Crippen LogP contribution in [0.2, 0.25) is 0 Å². The van der Waals surface area contributed by atoms with Crippen LogP contribution < -0.4 is 4.74 Å². The van der Waals surface area contributed by atoms with Crippen LogP contribution in [0.5, 0.6) is 5.88 Å². The summed E-state index contributed by atoms with van der Waals surface area (Å²) in [6, 6.07) is 3.62. The molecule has 0 saturated heterocycles. The van der Waals surface area contributed by atoms with Crippen molar-refractivity contribution in [2.24, 2.45) is 5.92 Å².